The fraction of sp³-hybridized carbons (Fsp3) is 0.250. The van der Waals surface area contributed by atoms with Crippen LogP contribution in [0.4, 0.5) is 5.69 Å². The molecule has 150 valence electrons. The van der Waals surface area contributed by atoms with Crippen molar-refractivity contribution in [3.8, 4) is 17.2 Å². The maximum Gasteiger partial charge on any atom is 0.344 e. The summed E-state index contributed by atoms with van der Waals surface area (Å²) in [6, 6.07) is 11.4. The third-order valence-electron chi connectivity index (χ3n) is 4.16. The SMILES string of the molecule is Cc1cccc(C)c1OCC(=O)OC(C)c1nnc(-c2ccc([N+](=O)[O-])cc2)o1. The van der Waals surface area contributed by atoms with Crippen LogP contribution in [0.1, 0.15) is 30.0 Å². The van der Waals surface area contributed by atoms with Gasteiger partial charge in [-0.3, -0.25) is 10.1 Å². The molecule has 1 atom stereocenters. The van der Waals surface area contributed by atoms with Crippen molar-refractivity contribution >= 4 is 11.7 Å². The van der Waals surface area contributed by atoms with Crippen LogP contribution in [0.2, 0.25) is 0 Å². The summed E-state index contributed by atoms with van der Waals surface area (Å²) < 4.78 is 16.4. The molecule has 3 aromatic rings. The molecule has 0 amide bonds. The molecule has 9 nitrogen and oxygen atoms in total. The highest BCUT2D eigenvalue weighted by Crippen LogP contribution is 2.25. The van der Waals surface area contributed by atoms with Crippen LogP contribution in [-0.4, -0.2) is 27.7 Å². The van der Waals surface area contributed by atoms with E-state index in [1.165, 1.54) is 24.3 Å². The lowest BCUT2D eigenvalue weighted by molar-refractivity contribution is -0.384. The number of hydrogen-bond acceptors (Lipinski definition) is 8. The highest BCUT2D eigenvalue weighted by atomic mass is 16.6. The molecule has 0 aliphatic carbocycles. The summed E-state index contributed by atoms with van der Waals surface area (Å²) in [5.41, 5.74) is 2.33. The van der Waals surface area contributed by atoms with Crippen molar-refractivity contribution in [3.63, 3.8) is 0 Å². The summed E-state index contributed by atoms with van der Waals surface area (Å²) in [5.74, 6) is 0.356. The number of aromatic nitrogens is 2. The molecule has 0 aliphatic rings. The molecule has 9 heteroatoms. The zero-order chi connectivity index (χ0) is 21.0. The Labute approximate surface area is 166 Å². The van der Waals surface area contributed by atoms with Crippen molar-refractivity contribution in [1.29, 1.82) is 0 Å². The van der Waals surface area contributed by atoms with Gasteiger partial charge in [-0.2, -0.15) is 0 Å². The van der Waals surface area contributed by atoms with Crippen molar-refractivity contribution in [3.05, 3.63) is 69.6 Å². The standard InChI is InChI=1S/C20H19N3O6/c1-12-5-4-6-13(2)18(12)27-11-17(24)28-14(3)19-21-22-20(29-19)15-7-9-16(10-8-15)23(25)26/h4-10,14H,11H2,1-3H3. The van der Waals surface area contributed by atoms with Gasteiger partial charge in [-0.15, -0.1) is 10.2 Å². The highest BCUT2D eigenvalue weighted by molar-refractivity contribution is 5.71. The maximum atomic E-state index is 12.1. The summed E-state index contributed by atoms with van der Waals surface area (Å²) in [6.45, 7) is 5.15. The number of carbonyl (C=O) groups excluding carboxylic acids is 1. The quantitative estimate of drug-likeness (QED) is 0.334. The van der Waals surface area contributed by atoms with E-state index in [1.807, 2.05) is 32.0 Å². The third kappa shape index (κ3) is 4.75. The molecule has 0 saturated carbocycles. The number of nitro groups is 1. The van der Waals surface area contributed by atoms with Gasteiger partial charge in [0.1, 0.15) is 5.75 Å². The van der Waals surface area contributed by atoms with Crippen molar-refractivity contribution in [2.24, 2.45) is 0 Å². The van der Waals surface area contributed by atoms with Crippen LogP contribution in [0, 0.1) is 24.0 Å². The van der Waals surface area contributed by atoms with Gasteiger partial charge >= 0.3 is 5.97 Å². The number of carbonyl (C=O) groups is 1. The molecule has 29 heavy (non-hydrogen) atoms. The first kappa shape index (κ1) is 20.0. The first-order chi connectivity index (χ1) is 13.8. The summed E-state index contributed by atoms with van der Waals surface area (Å²) in [4.78, 5) is 22.3. The van der Waals surface area contributed by atoms with E-state index >= 15 is 0 Å². The minimum atomic E-state index is -0.775. The molecule has 0 bridgehead atoms. The first-order valence-corrected chi connectivity index (χ1v) is 8.82. The van der Waals surface area contributed by atoms with E-state index in [0.29, 0.717) is 11.3 Å². The number of ether oxygens (including phenoxy) is 2. The molecule has 0 radical (unpaired) electrons. The summed E-state index contributed by atoms with van der Waals surface area (Å²) in [6.07, 6.45) is -0.775. The van der Waals surface area contributed by atoms with Gasteiger partial charge in [-0.05, 0) is 44.0 Å². The Morgan fingerprint density at radius 3 is 2.41 bits per heavy atom. The molecule has 0 N–H and O–H groups in total. The molecule has 2 aromatic carbocycles. The third-order valence-corrected chi connectivity index (χ3v) is 4.16. The lowest BCUT2D eigenvalue weighted by Gasteiger charge is -2.13. The summed E-state index contributed by atoms with van der Waals surface area (Å²) >= 11 is 0. The van der Waals surface area contributed by atoms with Crippen molar-refractivity contribution in [1.82, 2.24) is 10.2 Å². The van der Waals surface area contributed by atoms with Crippen LogP contribution in [-0.2, 0) is 9.53 Å². The highest BCUT2D eigenvalue weighted by Gasteiger charge is 2.20. The second-order valence-corrected chi connectivity index (χ2v) is 6.39. The molecular weight excluding hydrogens is 378 g/mol. The zero-order valence-electron chi connectivity index (χ0n) is 16.1. The van der Waals surface area contributed by atoms with E-state index in [0.717, 1.165) is 11.1 Å². The van der Waals surface area contributed by atoms with Crippen molar-refractivity contribution in [2.75, 3.05) is 6.61 Å². The van der Waals surface area contributed by atoms with Gasteiger partial charge in [0.05, 0.1) is 4.92 Å². The number of aryl methyl sites for hydroxylation is 2. The predicted molar refractivity (Wildman–Crippen MR) is 102 cm³/mol. The van der Waals surface area contributed by atoms with Gasteiger partial charge in [0.25, 0.3) is 11.6 Å². The Kier molecular flexibility index (Phi) is 5.87. The van der Waals surface area contributed by atoms with Crippen LogP contribution < -0.4 is 4.74 Å². The van der Waals surface area contributed by atoms with Crippen LogP contribution in [0.15, 0.2) is 46.9 Å². The number of benzene rings is 2. The molecule has 0 fully saturated rings. The number of esters is 1. The van der Waals surface area contributed by atoms with Crippen LogP contribution >= 0.6 is 0 Å². The zero-order valence-corrected chi connectivity index (χ0v) is 16.1. The monoisotopic (exact) mass is 397 g/mol. The minimum absolute atomic E-state index is 0.0420. The van der Waals surface area contributed by atoms with E-state index in [2.05, 4.69) is 10.2 Å². The molecule has 0 spiro atoms. The van der Waals surface area contributed by atoms with E-state index in [1.54, 1.807) is 6.92 Å². The van der Waals surface area contributed by atoms with Gasteiger partial charge < -0.3 is 13.9 Å². The second kappa shape index (κ2) is 8.51. The average molecular weight is 397 g/mol. The number of nitrogens with zero attached hydrogens (tertiary/aromatic N) is 3. The fourth-order valence-electron chi connectivity index (χ4n) is 2.68. The van der Waals surface area contributed by atoms with Gasteiger partial charge in [0.15, 0.2) is 12.7 Å². The van der Waals surface area contributed by atoms with E-state index in [-0.39, 0.29) is 24.1 Å². The molecule has 0 saturated heterocycles. The molecule has 1 heterocycles. The second-order valence-electron chi connectivity index (χ2n) is 6.39. The Bertz CT molecular complexity index is 1010. The topological polar surface area (TPSA) is 118 Å². The first-order valence-electron chi connectivity index (χ1n) is 8.82. The number of para-hydroxylation sites is 1. The number of rotatable bonds is 7. The Morgan fingerprint density at radius 1 is 1.14 bits per heavy atom. The summed E-state index contributed by atoms with van der Waals surface area (Å²) in [7, 11) is 0. The van der Waals surface area contributed by atoms with Crippen LogP contribution in [0.3, 0.4) is 0 Å². The van der Waals surface area contributed by atoms with Gasteiger partial charge in [0, 0.05) is 17.7 Å². The maximum absolute atomic E-state index is 12.1. The van der Waals surface area contributed by atoms with E-state index < -0.39 is 17.0 Å². The van der Waals surface area contributed by atoms with E-state index in [9.17, 15) is 14.9 Å². The Balaban J connectivity index is 1.60. The summed E-state index contributed by atoms with van der Waals surface area (Å²) in [5, 5.41) is 18.5. The lowest BCUT2D eigenvalue weighted by atomic mass is 10.1. The molecule has 1 aromatic heterocycles. The van der Waals surface area contributed by atoms with Gasteiger partial charge in [-0.25, -0.2) is 4.79 Å². The minimum Gasteiger partial charge on any atom is -0.481 e. The molecule has 0 aliphatic heterocycles. The number of hydrogen-bond donors (Lipinski definition) is 0. The molecular formula is C20H19N3O6. The van der Waals surface area contributed by atoms with E-state index in [4.69, 9.17) is 13.9 Å². The average Bonchev–Trinajstić information content (AvgIpc) is 3.18. The Morgan fingerprint density at radius 2 is 1.79 bits per heavy atom. The normalized spacial score (nSPS) is 11.7. The molecule has 1 unspecified atom stereocenters. The van der Waals surface area contributed by atoms with Crippen LogP contribution in [0.5, 0.6) is 5.75 Å². The van der Waals surface area contributed by atoms with Crippen LogP contribution in [0.25, 0.3) is 11.5 Å². The number of non-ortho nitro benzene ring substituents is 1. The number of nitro benzene ring substituents is 1. The van der Waals surface area contributed by atoms with Crippen molar-refractivity contribution < 1.29 is 23.6 Å². The van der Waals surface area contributed by atoms with Crippen molar-refractivity contribution in [2.45, 2.75) is 26.9 Å². The van der Waals surface area contributed by atoms with Gasteiger partial charge in [-0.1, -0.05) is 18.2 Å². The fourth-order valence-corrected chi connectivity index (χ4v) is 2.68. The predicted octanol–water partition coefficient (Wildman–Crippen LogP) is 3.94. The lowest BCUT2D eigenvalue weighted by Crippen LogP contribution is -2.17. The van der Waals surface area contributed by atoms with Gasteiger partial charge in [0.2, 0.25) is 5.89 Å². The molecule has 3 rings (SSSR count). The smallest absolute Gasteiger partial charge is 0.344 e. The largest absolute Gasteiger partial charge is 0.481 e. The Hall–Kier alpha value is -3.75.